The van der Waals surface area contributed by atoms with Gasteiger partial charge in [-0.1, -0.05) is 49.7 Å². The first-order chi connectivity index (χ1) is 12.4. The van der Waals surface area contributed by atoms with Crippen molar-refractivity contribution in [1.29, 1.82) is 0 Å². The Kier molecular flexibility index (Phi) is 5.59. The predicted octanol–water partition coefficient (Wildman–Crippen LogP) is 4.15. The number of aromatic amines is 1. The summed E-state index contributed by atoms with van der Waals surface area (Å²) in [4.78, 5) is 20.3. The van der Waals surface area contributed by atoms with E-state index in [9.17, 15) is 9.90 Å². The minimum atomic E-state index is -0.879. The molecular weight excluding hydrogens is 350 g/mol. The Morgan fingerprint density at radius 2 is 1.88 bits per heavy atom. The molecule has 1 heterocycles. The van der Waals surface area contributed by atoms with Crippen molar-refractivity contribution >= 4 is 28.5 Å². The fourth-order valence-corrected chi connectivity index (χ4v) is 3.01. The van der Waals surface area contributed by atoms with Crippen LogP contribution in [-0.2, 0) is 4.79 Å². The van der Waals surface area contributed by atoms with Crippen LogP contribution in [0, 0.1) is 5.92 Å². The first kappa shape index (κ1) is 18.4. The van der Waals surface area contributed by atoms with Crippen molar-refractivity contribution in [3.8, 4) is 0 Å². The fourth-order valence-electron chi connectivity index (χ4n) is 2.88. The number of amides is 1. The number of carbonyl (C=O) groups excluding carboxylic acids is 1. The number of carbonyl (C=O) groups is 1. The van der Waals surface area contributed by atoms with E-state index in [1.165, 1.54) is 0 Å². The number of nitrogens with one attached hydrogen (secondary N) is 2. The summed E-state index contributed by atoms with van der Waals surface area (Å²) in [6.07, 6.45) is -0.902. The van der Waals surface area contributed by atoms with E-state index in [1.807, 2.05) is 38.1 Å². The van der Waals surface area contributed by atoms with Crippen LogP contribution in [0.2, 0.25) is 5.02 Å². The van der Waals surface area contributed by atoms with Gasteiger partial charge in [0.1, 0.15) is 5.82 Å². The number of rotatable bonds is 6. The summed E-state index contributed by atoms with van der Waals surface area (Å²) in [5, 5.41) is 13.9. The number of imidazole rings is 1. The molecule has 0 aliphatic heterocycles. The van der Waals surface area contributed by atoms with Gasteiger partial charge in [0.2, 0.25) is 5.91 Å². The molecular formula is C20H22ClN3O2. The molecule has 0 fully saturated rings. The van der Waals surface area contributed by atoms with Crippen LogP contribution in [0.4, 0.5) is 0 Å². The maximum atomic E-state index is 12.5. The number of hydrogen-bond acceptors (Lipinski definition) is 3. The van der Waals surface area contributed by atoms with Gasteiger partial charge in [0.15, 0.2) is 0 Å². The monoisotopic (exact) mass is 371 g/mol. The minimum Gasteiger partial charge on any atom is -0.388 e. The zero-order valence-corrected chi connectivity index (χ0v) is 15.5. The molecule has 0 saturated heterocycles. The highest BCUT2D eigenvalue weighted by Gasteiger charge is 2.23. The van der Waals surface area contributed by atoms with Crippen LogP contribution >= 0.6 is 11.6 Å². The normalized spacial score (nSPS) is 13.7. The van der Waals surface area contributed by atoms with Crippen LogP contribution < -0.4 is 5.32 Å². The molecule has 3 N–H and O–H groups in total. The molecule has 2 atom stereocenters. The van der Waals surface area contributed by atoms with Gasteiger partial charge in [-0.05, 0) is 35.7 Å². The third-order valence-corrected chi connectivity index (χ3v) is 4.57. The van der Waals surface area contributed by atoms with Crippen LogP contribution in [0.3, 0.4) is 0 Å². The summed E-state index contributed by atoms with van der Waals surface area (Å²) >= 11 is 5.86. The van der Waals surface area contributed by atoms with Gasteiger partial charge < -0.3 is 15.4 Å². The average molecular weight is 372 g/mol. The Morgan fingerprint density at radius 3 is 2.54 bits per heavy atom. The quantitative estimate of drug-likeness (QED) is 0.609. The van der Waals surface area contributed by atoms with Crippen LogP contribution in [0.15, 0.2) is 48.5 Å². The van der Waals surface area contributed by atoms with Gasteiger partial charge in [-0.25, -0.2) is 4.98 Å². The minimum absolute atomic E-state index is 0.0227. The number of nitrogens with zero attached hydrogens (tertiary/aromatic N) is 1. The van der Waals surface area contributed by atoms with E-state index in [0.717, 1.165) is 16.9 Å². The molecule has 0 spiro atoms. The van der Waals surface area contributed by atoms with E-state index in [1.54, 1.807) is 24.3 Å². The van der Waals surface area contributed by atoms with Crippen LogP contribution in [-0.4, -0.2) is 21.0 Å². The van der Waals surface area contributed by atoms with Crippen molar-refractivity contribution in [2.75, 3.05) is 0 Å². The van der Waals surface area contributed by atoms with Gasteiger partial charge in [-0.3, -0.25) is 4.79 Å². The van der Waals surface area contributed by atoms with Gasteiger partial charge in [0.05, 0.1) is 29.6 Å². The van der Waals surface area contributed by atoms with Crippen molar-refractivity contribution in [3.05, 3.63) is 64.9 Å². The van der Waals surface area contributed by atoms with E-state index >= 15 is 0 Å². The van der Waals surface area contributed by atoms with E-state index in [-0.39, 0.29) is 24.3 Å². The summed E-state index contributed by atoms with van der Waals surface area (Å²) < 4.78 is 0. The second kappa shape index (κ2) is 7.89. The first-order valence-electron chi connectivity index (χ1n) is 8.61. The number of aliphatic hydroxyl groups excluding tert-OH is 1. The second-order valence-electron chi connectivity index (χ2n) is 6.70. The summed E-state index contributed by atoms with van der Waals surface area (Å²) in [5.41, 5.74) is 2.46. The summed E-state index contributed by atoms with van der Waals surface area (Å²) in [5.74, 6) is 0.634. The smallest absolute Gasteiger partial charge is 0.223 e. The number of aromatic nitrogens is 2. The SMILES string of the molecule is CC(C)C(NC(=O)CC(O)c1ccc(Cl)cc1)c1nc2ccccc2[nH]1. The molecule has 3 aromatic rings. The number of fused-ring (bicyclic) bond motifs is 1. The molecule has 0 saturated carbocycles. The predicted molar refractivity (Wildman–Crippen MR) is 103 cm³/mol. The molecule has 0 aliphatic rings. The largest absolute Gasteiger partial charge is 0.388 e. The van der Waals surface area contributed by atoms with Crippen LogP contribution in [0.5, 0.6) is 0 Å². The Morgan fingerprint density at radius 1 is 1.19 bits per heavy atom. The standard InChI is InChI=1S/C20H22ClN3O2/c1-12(2)19(20-22-15-5-3-4-6-16(15)23-20)24-18(26)11-17(25)13-7-9-14(21)10-8-13/h3-10,12,17,19,25H,11H2,1-2H3,(H,22,23)(H,24,26). The van der Waals surface area contributed by atoms with Crippen molar-refractivity contribution in [1.82, 2.24) is 15.3 Å². The average Bonchev–Trinajstić information content (AvgIpc) is 3.03. The number of para-hydroxylation sites is 2. The third kappa shape index (κ3) is 4.23. The number of benzene rings is 2. The van der Waals surface area contributed by atoms with E-state index in [2.05, 4.69) is 15.3 Å². The molecule has 3 rings (SSSR count). The number of H-pyrrole nitrogens is 1. The third-order valence-electron chi connectivity index (χ3n) is 4.32. The molecule has 136 valence electrons. The van der Waals surface area contributed by atoms with Gasteiger partial charge >= 0.3 is 0 Å². The van der Waals surface area contributed by atoms with Crippen molar-refractivity contribution in [3.63, 3.8) is 0 Å². The van der Waals surface area contributed by atoms with Gasteiger partial charge in [0, 0.05) is 5.02 Å². The van der Waals surface area contributed by atoms with Gasteiger partial charge in [-0.2, -0.15) is 0 Å². The van der Waals surface area contributed by atoms with E-state index in [4.69, 9.17) is 11.6 Å². The zero-order chi connectivity index (χ0) is 18.7. The fraction of sp³-hybridized carbons (Fsp3) is 0.300. The summed E-state index contributed by atoms with van der Waals surface area (Å²) in [6.45, 7) is 4.04. The first-order valence-corrected chi connectivity index (χ1v) is 8.99. The molecule has 1 aromatic heterocycles. The number of aliphatic hydroxyl groups is 1. The van der Waals surface area contributed by atoms with Gasteiger partial charge in [-0.15, -0.1) is 0 Å². The lowest BCUT2D eigenvalue weighted by atomic mass is 10.0. The molecule has 6 heteroatoms. The lowest BCUT2D eigenvalue weighted by molar-refractivity contribution is -0.124. The number of halogens is 1. The topological polar surface area (TPSA) is 78.0 Å². The highest BCUT2D eigenvalue weighted by atomic mass is 35.5. The van der Waals surface area contributed by atoms with Crippen LogP contribution in [0.25, 0.3) is 11.0 Å². The summed E-state index contributed by atoms with van der Waals surface area (Å²) in [7, 11) is 0. The zero-order valence-electron chi connectivity index (χ0n) is 14.7. The summed E-state index contributed by atoms with van der Waals surface area (Å²) in [6, 6.07) is 14.3. The molecule has 26 heavy (non-hydrogen) atoms. The Balaban J connectivity index is 1.71. The lowest BCUT2D eigenvalue weighted by Crippen LogP contribution is -2.33. The Labute approximate surface area is 157 Å². The number of hydrogen-bond donors (Lipinski definition) is 3. The van der Waals surface area contributed by atoms with Crippen molar-refractivity contribution in [2.45, 2.75) is 32.4 Å². The highest BCUT2D eigenvalue weighted by Crippen LogP contribution is 2.24. The van der Waals surface area contributed by atoms with Gasteiger partial charge in [0.25, 0.3) is 0 Å². The highest BCUT2D eigenvalue weighted by molar-refractivity contribution is 6.30. The molecule has 0 bridgehead atoms. The molecule has 2 unspecified atom stereocenters. The van der Waals surface area contributed by atoms with Crippen molar-refractivity contribution < 1.29 is 9.90 Å². The van der Waals surface area contributed by atoms with Crippen LogP contribution in [0.1, 0.15) is 43.8 Å². The molecule has 1 amide bonds. The molecule has 2 aromatic carbocycles. The Hall–Kier alpha value is -2.37. The molecule has 0 radical (unpaired) electrons. The van der Waals surface area contributed by atoms with E-state index < -0.39 is 6.10 Å². The Bertz CT molecular complexity index is 856. The maximum absolute atomic E-state index is 12.5. The van der Waals surface area contributed by atoms with Crippen molar-refractivity contribution in [2.24, 2.45) is 5.92 Å². The molecule has 0 aliphatic carbocycles. The molecule has 5 nitrogen and oxygen atoms in total. The second-order valence-corrected chi connectivity index (χ2v) is 7.14. The van der Waals surface area contributed by atoms with E-state index in [0.29, 0.717) is 10.6 Å². The maximum Gasteiger partial charge on any atom is 0.223 e. The lowest BCUT2D eigenvalue weighted by Gasteiger charge is -2.21.